The normalized spacial score (nSPS) is 11.1. The molecule has 0 saturated carbocycles. The molecule has 5 nitrogen and oxygen atoms in total. The lowest BCUT2D eigenvalue weighted by Gasteiger charge is -2.02. The molecule has 0 radical (unpaired) electrons. The van der Waals surface area contributed by atoms with Crippen molar-refractivity contribution < 1.29 is 18.4 Å². The van der Waals surface area contributed by atoms with Gasteiger partial charge >= 0.3 is 5.97 Å². The third kappa shape index (κ3) is 3.54. The molecule has 2 aromatic heterocycles. The van der Waals surface area contributed by atoms with E-state index in [4.69, 9.17) is 13.6 Å². The van der Waals surface area contributed by atoms with E-state index in [2.05, 4.69) is 18.8 Å². The van der Waals surface area contributed by atoms with Gasteiger partial charge in [0.25, 0.3) is 5.89 Å². The molecule has 0 fully saturated rings. The molecule has 2 rings (SSSR count). The standard InChI is InChI=1S/C16H21NO4/c1-5-11-7-8-13(20-11)15-17-12(9-10(3)4)14(21-15)16(18)19-6-2/h7-8,10H,5-6,9H2,1-4H3. The highest BCUT2D eigenvalue weighted by Gasteiger charge is 2.24. The van der Waals surface area contributed by atoms with Gasteiger partial charge in [0.2, 0.25) is 5.76 Å². The number of hydrogen-bond acceptors (Lipinski definition) is 5. The zero-order valence-electron chi connectivity index (χ0n) is 12.9. The minimum atomic E-state index is -0.478. The molecule has 21 heavy (non-hydrogen) atoms. The third-order valence-electron chi connectivity index (χ3n) is 2.98. The molecule has 0 unspecified atom stereocenters. The van der Waals surface area contributed by atoms with Crippen molar-refractivity contribution in [1.82, 2.24) is 4.98 Å². The van der Waals surface area contributed by atoms with Gasteiger partial charge < -0.3 is 13.6 Å². The Morgan fingerprint density at radius 3 is 2.62 bits per heavy atom. The summed E-state index contributed by atoms with van der Waals surface area (Å²) in [5, 5.41) is 0. The van der Waals surface area contributed by atoms with E-state index >= 15 is 0 Å². The Kier molecular flexibility index (Phi) is 4.83. The average molecular weight is 291 g/mol. The molecular formula is C16H21NO4. The van der Waals surface area contributed by atoms with Gasteiger partial charge in [-0.2, -0.15) is 0 Å². The summed E-state index contributed by atoms with van der Waals surface area (Å²) in [6.45, 7) is 8.19. The summed E-state index contributed by atoms with van der Waals surface area (Å²) in [6, 6.07) is 3.68. The van der Waals surface area contributed by atoms with Crippen LogP contribution >= 0.6 is 0 Å². The van der Waals surface area contributed by atoms with E-state index in [1.807, 2.05) is 13.0 Å². The van der Waals surface area contributed by atoms with Crippen LogP contribution in [0, 0.1) is 5.92 Å². The van der Waals surface area contributed by atoms with Crippen molar-refractivity contribution in [3.05, 3.63) is 29.3 Å². The van der Waals surface area contributed by atoms with Crippen LogP contribution in [0.25, 0.3) is 11.7 Å². The SMILES string of the molecule is CCOC(=O)c1oc(-c2ccc(CC)o2)nc1CC(C)C. The van der Waals surface area contributed by atoms with Crippen molar-refractivity contribution >= 4 is 5.97 Å². The number of nitrogens with zero attached hydrogens (tertiary/aromatic N) is 1. The first kappa shape index (κ1) is 15.4. The highest BCUT2D eigenvalue weighted by atomic mass is 16.5. The summed E-state index contributed by atoms with van der Waals surface area (Å²) in [6.07, 6.45) is 1.45. The number of furan rings is 1. The van der Waals surface area contributed by atoms with Gasteiger partial charge in [-0.05, 0) is 31.4 Å². The van der Waals surface area contributed by atoms with Gasteiger partial charge in [-0.1, -0.05) is 20.8 Å². The van der Waals surface area contributed by atoms with Crippen molar-refractivity contribution in [2.75, 3.05) is 6.61 Å². The Bertz CT molecular complexity index is 610. The van der Waals surface area contributed by atoms with E-state index in [0.29, 0.717) is 36.3 Å². The van der Waals surface area contributed by atoms with Crippen LogP contribution in [-0.4, -0.2) is 17.6 Å². The van der Waals surface area contributed by atoms with E-state index in [9.17, 15) is 4.79 Å². The summed E-state index contributed by atoms with van der Waals surface area (Å²) in [4.78, 5) is 16.4. The summed E-state index contributed by atoms with van der Waals surface area (Å²) in [7, 11) is 0. The lowest BCUT2D eigenvalue weighted by Crippen LogP contribution is -2.08. The maximum Gasteiger partial charge on any atom is 0.376 e. The van der Waals surface area contributed by atoms with Crippen LogP contribution in [0.3, 0.4) is 0 Å². The van der Waals surface area contributed by atoms with Gasteiger partial charge in [-0.25, -0.2) is 9.78 Å². The van der Waals surface area contributed by atoms with Crippen molar-refractivity contribution in [2.24, 2.45) is 5.92 Å². The predicted molar refractivity (Wildman–Crippen MR) is 78.1 cm³/mol. The van der Waals surface area contributed by atoms with Gasteiger partial charge in [0.15, 0.2) is 5.76 Å². The van der Waals surface area contributed by atoms with E-state index in [-0.39, 0.29) is 5.76 Å². The van der Waals surface area contributed by atoms with Crippen LogP contribution in [-0.2, 0) is 17.6 Å². The Morgan fingerprint density at radius 2 is 2.05 bits per heavy atom. The number of oxazole rings is 1. The maximum atomic E-state index is 12.0. The van der Waals surface area contributed by atoms with Crippen molar-refractivity contribution in [3.63, 3.8) is 0 Å². The summed E-state index contributed by atoms with van der Waals surface area (Å²) in [5.41, 5.74) is 0.618. The van der Waals surface area contributed by atoms with Crippen LogP contribution in [0.5, 0.6) is 0 Å². The second kappa shape index (κ2) is 6.61. The number of esters is 1. The van der Waals surface area contributed by atoms with Crippen LogP contribution in [0.4, 0.5) is 0 Å². The maximum absolute atomic E-state index is 12.0. The molecule has 2 aromatic rings. The fourth-order valence-corrected chi connectivity index (χ4v) is 2.02. The predicted octanol–water partition coefficient (Wildman–Crippen LogP) is 3.87. The van der Waals surface area contributed by atoms with Gasteiger partial charge in [0, 0.05) is 6.42 Å². The lowest BCUT2D eigenvalue weighted by atomic mass is 10.1. The van der Waals surface area contributed by atoms with Crippen LogP contribution < -0.4 is 0 Å². The van der Waals surface area contributed by atoms with E-state index in [1.54, 1.807) is 13.0 Å². The van der Waals surface area contributed by atoms with Crippen LogP contribution in [0.1, 0.15) is 49.7 Å². The lowest BCUT2D eigenvalue weighted by molar-refractivity contribution is 0.0489. The molecule has 0 aromatic carbocycles. The number of aromatic nitrogens is 1. The number of rotatable bonds is 6. The topological polar surface area (TPSA) is 65.5 Å². The van der Waals surface area contributed by atoms with Gasteiger partial charge in [-0.3, -0.25) is 0 Å². The quantitative estimate of drug-likeness (QED) is 0.756. The molecule has 0 spiro atoms. The van der Waals surface area contributed by atoms with Crippen molar-refractivity contribution in [2.45, 2.75) is 40.5 Å². The highest BCUT2D eigenvalue weighted by molar-refractivity contribution is 5.88. The smallest absolute Gasteiger partial charge is 0.376 e. The number of carbonyl (C=O) groups excluding carboxylic acids is 1. The first-order chi connectivity index (χ1) is 10.0. The minimum absolute atomic E-state index is 0.176. The summed E-state index contributed by atoms with van der Waals surface area (Å²) in [5.74, 6) is 1.77. The summed E-state index contributed by atoms with van der Waals surface area (Å²) < 4.78 is 16.2. The fourth-order valence-electron chi connectivity index (χ4n) is 2.02. The van der Waals surface area contributed by atoms with E-state index in [1.165, 1.54) is 0 Å². The molecule has 0 bridgehead atoms. The van der Waals surface area contributed by atoms with Crippen LogP contribution in [0.2, 0.25) is 0 Å². The number of hydrogen-bond donors (Lipinski definition) is 0. The van der Waals surface area contributed by atoms with Gasteiger partial charge in [0.05, 0.1) is 12.3 Å². The molecule has 0 aliphatic heterocycles. The zero-order chi connectivity index (χ0) is 15.4. The van der Waals surface area contributed by atoms with E-state index in [0.717, 1.165) is 12.2 Å². The monoisotopic (exact) mass is 291 g/mol. The molecule has 0 amide bonds. The largest absolute Gasteiger partial charge is 0.460 e. The van der Waals surface area contributed by atoms with Crippen molar-refractivity contribution in [1.29, 1.82) is 0 Å². The molecule has 114 valence electrons. The molecule has 0 aliphatic carbocycles. The molecular weight excluding hydrogens is 270 g/mol. The van der Waals surface area contributed by atoms with Crippen molar-refractivity contribution in [3.8, 4) is 11.7 Å². The first-order valence-corrected chi connectivity index (χ1v) is 7.31. The second-order valence-electron chi connectivity index (χ2n) is 5.23. The first-order valence-electron chi connectivity index (χ1n) is 7.31. The van der Waals surface area contributed by atoms with Gasteiger partial charge in [0.1, 0.15) is 5.76 Å². The Labute approximate surface area is 124 Å². The number of ether oxygens (including phenoxy) is 1. The Hall–Kier alpha value is -2.04. The third-order valence-corrected chi connectivity index (χ3v) is 2.98. The zero-order valence-corrected chi connectivity index (χ0v) is 12.9. The minimum Gasteiger partial charge on any atom is -0.460 e. The molecule has 5 heteroatoms. The van der Waals surface area contributed by atoms with Gasteiger partial charge in [-0.15, -0.1) is 0 Å². The molecule has 2 heterocycles. The average Bonchev–Trinajstić information content (AvgIpc) is 3.04. The summed E-state index contributed by atoms with van der Waals surface area (Å²) >= 11 is 0. The molecule has 0 aliphatic rings. The molecule has 0 N–H and O–H groups in total. The number of aryl methyl sites for hydroxylation is 1. The second-order valence-corrected chi connectivity index (χ2v) is 5.23. The Morgan fingerprint density at radius 1 is 1.29 bits per heavy atom. The van der Waals surface area contributed by atoms with Crippen LogP contribution in [0.15, 0.2) is 21.0 Å². The van der Waals surface area contributed by atoms with E-state index < -0.39 is 5.97 Å². The molecule has 0 saturated heterocycles. The highest BCUT2D eigenvalue weighted by Crippen LogP contribution is 2.26. The molecule has 0 atom stereocenters. The fraction of sp³-hybridized carbons (Fsp3) is 0.500. The number of carbonyl (C=O) groups is 1. The Balaban J connectivity index is 2.36.